The smallest absolute Gasteiger partial charge is 0.190 e. The normalized spacial score (nSPS) is 11.1. The van der Waals surface area contributed by atoms with Crippen LogP contribution in [0, 0.1) is 17.6 Å². The Hall–Kier alpha value is -1.16. The van der Waals surface area contributed by atoms with Gasteiger partial charge in [0.05, 0.1) is 6.61 Å². The van der Waals surface area contributed by atoms with Crippen molar-refractivity contribution in [3.8, 4) is 5.75 Å². The Balaban J connectivity index is 2.56. The number of rotatable bonds is 9. The number of ether oxygens (including phenoxy) is 1. The van der Waals surface area contributed by atoms with Crippen LogP contribution in [0.5, 0.6) is 5.75 Å². The molecule has 0 unspecified atom stereocenters. The lowest BCUT2D eigenvalue weighted by Crippen LogP contribution is -2.19. The predicted octanol–water partition coefficient (Wildman–Crippen LogP) is 4.28. The van der Waals surface area contributed by atoms with Gasteiger partial charge in [-0.25, -0.2) is 8.78 Å². The van der Waals surface area contributed by atoms with Gasteiger partial charge in [-0.15, -0.1) is 0 Å². The molecule has 0 aliphatic carbocycles. The molecular weight excluding hydrogens is 260 g/mol. The summed E-state index contributed by atoms with van der Waals surface area (Å²) in [6.07, 6.45) is 2.86. The highest BCUT2D eigenvalue weighted by Gasteiger charge is 2.12. The summed E-state index contributed by atoms with van der Waals surface area (Å²) in [6, 6.07) is 2.68. The maximum absolute atomic E-state index is 13.8. The third-order valence-electron chi connectivity index (χ3n) is 2.93. The minimum Gasteiger partial charge on any atom is -0.488 e. The summed E-state index contributed by atoms with van der Waals surface area (Å²) in [4.78, 5) is 0. The van der Waals surface area contributed by atoms with E-state index in [4.69, 9.17) is 4.74 Å². The Bertz CT molecular complexity index is 384. The molecule has 0 aliphatic rings. The van der Waals surface area contributed by atoms with Crippen LogP contribution < -0.4 is 10.1 Å². The van der Waals surface area contributed by atoms with E-state index in [0.29, 0.717) is 24.6 Å². The van der Waals surface area contributed by atoms with Crippen LogP contribution in [0.3, 0.4) is 0 Å². The molecule has 1 aromatic rings. The Kier molecular flexibility index (Phi) is 7.52. The lowest BCUT2D eigenvalue weighted by Gasteiger charge is -2.11. The largest absolute Gasteiger partial charge is 0.488 e. The van der Waals surface area contributed by atoms with Gasteiger partial charge in [0, 0.05) is 6.54 Å². The molecule has 0 fully saturated rings. The minimum absolute atomic E-state index is 0.256. The highest BCUT2D eigenvalue weighted by atomic mass is 19.1. The van der Waals surface area contributed by atoms with Crippen molar-refractivity contribution in [1.29, 1.82) is 0 Å². The molecule has 0 aliphatic heterocycles. The quantitative estimate of drug-likeness (QED) is 0.684. The molecule has 0 atom stereocenters. The maximum atomic E-state index is 13.8. The van der Waals surface area contributed by atoms with E-state index in [-0.39, 0.29) is 5.75 Å². The molecule has 0 bridgehead atoms. The van der Waals surface area contributed by atoms with E-state index < -0.39 is 11.6 Å². The molecular formula is C16H25F2NO. The second-order valence-corrected chi connectivity index (χ2v) is 5.47. The average Bonchev–Trinajstić information content (AvgIpc) is 2.36. The van der Waals surface area contributed by atoms with E-state index in [1.165, 1.54) is 12.1 Å². The number of hydrogen-bond donors (Lipinski definition) is 1. The molecule has 0 saturated heterocycles. The molecule has 1 rings (SSSR count). The Morgan fingerprint density at radius 3 is 2.35 bits per heavy atom. The molecule has 0 spiro atoms. The number of benzene rings is 1. The van der Waals surface area contributed by atoms with Crippen molar-refractivity contribution in [2.24, 2.45) is 5.92 Å². The van der Waals surface area contributed by atoms with Crippen molar-refractivity contribution in [3.05, 3.63) is 29.3 Å². The van der Waals surface area contributed by atoms with Gasteiger partial charge in [0.15, 0.2) is 17.4 Å². The monoisotopic (exact) mass is 285 g/mol. The van der Waals surface area contributed by atoms with Crippen molar-refractivity contribution < 1.29 is 13.5 Å². The second-order valence-electron chi connectivity index (χ2n) is 5.47. The topological polar surface area (TPSA) is 21.3 Å². The van der Waals surface area contributed by atoms with Crippen LogP contribution in [0.4, 0.5) is 8.78 Å². The van der Waals surface area contributed by atoms with Gasteiger partial charge in [0.25, 0.3) is 0 Å². The molecule has 4 heteroatoms. The molecule has 1 N–H and O–H groups in total. The highest BCUT2D eigenvalue weighted by molar-refractivity contribution is 5.31. The van der Waals surface area contributed by atoms with E-state index >= 15 is 0 Å². The third kappa shape index (κ3) is 5.87. The number of hydrogen-bond acceptors (Lipinski definition) is 2. The molecule has 0 aromatic heterocycles. The maximum Gasteiger partial charge on any atom is 0.190 e. The molecule has 0 saturated carbocycles. The molecule has 0 amide bonds. The van der Waals surface area contributed by atoms with Crippen molar-refractivity contribution in [2.75, 3.05) is 13.2 Å². The van der Waals surface area contributed by atoms with Crippen molar-refractivity contribution >= 4 is 0 Å². The second kappa shape index (κ2) is 8.90. The summed E-state index contributed by atoms with van der Waals surface area (Å²) in [5.41, 5.74) is 0.599. The molecule has 1 aromatic carbocycles. The van der Waals surface area contributed by atoms with Crippen molar-refractivity contribution in [3.63, 3.8) is 0 Å². The van der Waals surface area contributed by atoms with E-state index in [0.717, 1.165) is 25.8 Å². The molecule has 0 heterocycles. The van der Waals surface area contributed by atoms with Crippen molar-refractivity contribution in [1.82, 2.24) is 5.32 Å². The standard InChI is InChI=1S/C16H25F2NO/c1-4-5-6-7-20-16-14(17)8-13(9-15(16)18)11-19-10-12(2)3/h8-9,12,19H,4-7,10-11H2,1-3H3. The van der Waals surface area contributed by atoms with E-state index in [9.17, 15) is 8.78 Å². The van der Waals surface area contributed by atoms with Gasteiger partial charge in [-0.1, -0.05) is 33.6 Å². The van der Waals surface area contributed by atoms with Crippen LogP contribution in [0.25, 0.3) is 0 Å². The van der Waals surface area contributed by atoms with Gasteiger partial charge in [0.2, 0.25) is 0 Å². The number of unbranched alkanes of at least 4 members (excludes halogenated alkanes) is 2. The first-order valence-corrected chi connectivity index (χ1v) is 7.36. The zero-order chi connectivity index (χ0) is 15.0. The van der Waals surface area contributed by atoms with Gasteiger partial charge >= 0.3 is 0 Å². The first-order valence-electron chi connectivity index (χ1n) is 7.36. The minimum atomic E-state index is -0.622. The van der Waals surface area contributed by atoms with Crippen LogP contribution in [-0.4, -0.2) is 13.2 Å². The van der Waals surface area contributed by atoms with Crippen LogP contribution >= 0.6 is 0 Å². The van der Waals surface area contributed by atoms with Crippen LogP contribution in [0.1, 0.15) is 45.6 Å². The average molecular weight is 285 g/mol. The fourth-order valence-electron chi connectivity index (χ4n) is 1.88. The van der Waals surface area contributed by atoms with Gasteiger partial charge in [-0.2, -0.15) is 0 Å². The summed E-state index contributed by atoms with van der Waals surface area (Å²) in [5, 5.41) is 3.16. The predicted molar refractivity (Wildman–Crippen MR) is 77.9 cm³/mol. The number of nitrogens with one attached hydrogen (secondary N) is 1. The van der Waals surface area contributed by atoms with Gasteiger partial charge < -0.3 is 10.1 Å². The Labute approximate surface area is 120 Å². The summed E-state index contributed by atoms with van der Waals surface area (Å²) < 4.78 is 32.8. The van der Waals surface area contributed by atoms with E-state index in [1.807, 2.05) is 0 Å². The molecule has 20 heavy (non-hydrogen) atoms. The first-order chi connectivity index (χ1) is 9.54. The van der Waals surface area contributed by atoms with Gasteiger partial charge in [0.1, 0.15) is 0 Å². The van der Waals surface area contributed by atoms with E-state index in [1.54, 1.807) is 0 Å². The first kappa shape index (κ1) is 16.9. The Morgan fingerprint density at radius 2 is 1.80 bits per heavy atom. The van der Waals surface area contributed by atoms with Gasteiger partial charge in [-0.3, -0.25) is 0 Å². The lowest BCUT2D eigenvalue weighted by atomic mass is 10.1. The summed E-state index contributed by atoms with van der Waals surface area (Å²) in [7, 11) is 0. The highest BCUT2D eigenvalue weighted by Crippen LogP contribution is 2.23. The molecule has 0 radical (unpaired) electrons. The SMILES string of the molecule is CCCCCOc1c(F)cc(CNCC(C)C)cc1F. The Morgan fingerprint density at radius 1 is 1.15 bits per heavy atom. The van der Waals surface area contributed by atoms with Crippen LogP contribution in [0.2, 0.25) is 0 Å². The van der Waals surface area contributed by atoms with Crippen molar-refractivity contribution in [2.45, 2.75) is 46.6 Å². The third-order valence-corrected chi connectivity index (χ3v) is 2.93. The fourth-order valence-corrected chi connectivity index (χ4v) is 1.88. The zero-order valence-corrected chi connectivity index (χ0v) is 12.6. The summed E-state index contributed by atoms with van der Waals surface area (Å²) in [6.45, 7) is 7.87. The van der Waals surface area contributed by atoms with Gasteiger partial charge in [-0.05, 0) is 36.6 Å². The summed E-state index contributed by atoms with van der Waals surface area (Å²) >= 11 is 0. The lowest BCUT2D eigenvalue weighted by molar-refractivity contribution is 0.276. The molecule has 2 nitrogen and oxygen atoms in total. The van der Waals surface area contributed by atoms with Crippen LogP contribution in [-0.2, 0) is 6.54 Å². The zero-order valence-electron chi connectivity index (χ0n) is 12.6. The molecule has 114 valence electrons. The summed E-state index contributed by atoms with van der Waals surface area (Å²) in [5.74, 6) is -0.995. The fraction of sp³-hybridized carbons (Fsp3) is 0.625. The van der Waals surface area contributed by atoms with Crippen LogP contribution in [0.15, 0.2) is 12.1 Å². The number of halogens is 2. The van der Waals surface area contributed by atoms with E-state index in [2.05, 4.69) is 26.1 Å².